The molecule has 0 bridgehead atoms. The lowest BCUT2D eigenvalue weighted by Gasteiger charge is -2.31. The summed E-state index contributed by atoms with van der Waals surface area (Å²) in [4.78, 5) is 12.5. The second-order valence-corrected chi connectivity index (χ2v) is 8.44. The zero-order valence-corrected chi connectivity index (χ0v) is 16.4. The average Bonchev–Trinajstić information content (AvgIpc) is 2.37. The Bertz CT molecular complexity index is 327. The quantitative estimate of drug-likeness (QED) is 0.297. The molecule has 0 saturated carbocycles. The fourth-order valence-electron chi connectivity index (χ4n) is 2.17. The highest BCUT2D eigenvalue weighted by Gasteiger charge is 2.32. The summed E-state index contributed by atoms with van der Waals surface area (Å²) in [6, 6.07) is 0. The van der Waals surface area contributed by atoms with Gasteiger partial charge in [0, 0.05) is 10.6 Å². The molecule has 1 amide bonds. The van der Waals surface area contributed by atoms with Gasteiger partial charge in [-0.25, -0.2) is 0 Å². The Morgan fingerprint density at radius 1 is 1.19 bits per heavy atom. The molecule has 0 aliphatic rings. The maximum Gasteiger partial charge on any atom is 0.226 e. The lowest BCUT2D eigenvalue weighted by molar-refractivity contribution is -0.130. The van der Waals surface area contributed by atoms with Crippen LogP contribution in [0.4, 0.5) is 0 Å². The first kappa shape index (κ1) is 21.2. The van der Waals surface area contributed by atoms with E-state index in [1.165, 1.54) is 0 Å². The van der Waals surface area contributed by atoms with Crippen molar-refractivity contribution in [2.75, 3.05) is 7.05 Å². The molecule has 2 N–H and O–H groups in total. The molecular weight excluding hydrogens is 299 g/mol. The van der Waals surface area contributed by atoms with Crippen molar-refractivity contribution in [1.82, 2.24) is 10.6 Å². The van der Waals surface area contributed by atoms with Crippen LogP contribution in [0.3, 0.4) is 0 Å². The number of nitrogens with one attached hydrogen (secondary N) is 2. The van der Waals surface area contributed by atoms with Gasteiger partial charge in [-0.3, -0.25) is 4.79 Å². The molecule has 0 saturated heterocycles. The molecule has 21 heavy (non-hydrogen) atoms. The Hall–Kier alpha value is 0.195. The molecule has 0 spiro atoms. The first-order valence-corrected chi connectivity index (χ1v) is 8.89. The van der Waals surface area contributed by atoms with Crippen molar-refractivity contribution in [3.8, 4) is 0 Å². The van der Waals surface area contributed by atoms with Crippen LogP contribution in [0.2, 0.25) is 0 Å². The molecule has 0 aromatic rings. The van der Waals surface area contributed by atoms with E-state index in [0.717, 1.165) is 13.7 Å². The Morgan fingerprint density at radius 2 is 1.71 bits per heavy atom. The first-order valence-electron chi connectivity index (χ1n) is 7.85. The molecule has 0 fully saturated rings. The van der Waals surface area contributed by atoms with Crippen LogP contribution in [0.25, 0.3) is 0 Å². The summed E-state index contributed by atoms with van der Waals surface area (Å²) in [6.45, 7) is 12.7. The Kier molecular flexibility index (Phi) is 9.45. The Balaban J connectivity index is 4.51. The Labute approximate surface area is 142 Å². The number of carbonyl (C=O) groups is 1. The van der Waals surface area contributed by atoms with Crippen molar-refractivity contribution in [3.63, 3.8) is 0 Å². The van der Waals surface area contributed by atoms with Crippen molar-refractivity contribution in [2.45, 2.75) is 64.4 Å². The van der Waals surface area contributed by atoms with Crippen molar-refractivity contribution in [3.05, 3.63) is 0 Å². The molecule has 0 aromatic carbocycles. The number of hydrogen-bond donors (Lipinski definition) is 4. The van der Waals surface area contributed by atoms with Crippen LogP contribution in [0.5, 0.6) is 0 Å². The number of amides is 1. The van der Waals surface area contributed by atoms with E-state index < -0.39 is 0 Å². The van der Waals surface area contributed by atoms with Crippen LogP contribution in [0.15, 0.2) is 0 Å². The predicted molar refractivity (Wildman–Crippen MR) is 102 cm³/mol. The van der Waals surface area contributed by atoms with Crippen LogP contribution in [0.1, 0.15) is 48.0 Å². The monoisotopic (exact) mass is 332 g/mol. The van der Waals surface area contributed by atoms with Gasteiger partial charge in [-0.1, -0.05) is 41.5 Å². The second kappa shape index (κ2) is 9.36. The summed E-state index contributed by atoms with van der Waals surface area (Å²) in [6.07, 6.45) is 0.876. The summed E-state index contributed by atoms with van der Waals surface area (Å²) >= 11 is 9.06. The molecular formula is C15H33BN2OS2. The molecule has 0 aliphatic heterocycles. The maximum absolute atomic E-state index is 12.5. The molecule has 6 heteroatoms. The molecule has 4 unspecified atom stereocenters. The van der Waals surface area contributed by atoms with Gasteiger partial charge in [0.25, 0.3) is 0 Å². The molecule has 0 heterocycles. The predicted octanol–water partition coefficient (Wildman–Crippen LogP) is 2.32. The largest absolute Gasteiger partial charge is 0.344 e. The summed E-state index contributed by atoms with van der Waals surface area (Å²) in [5.41, 5.74) is -0.382. The third-order valence-corrected chi connectivity index (χ3v) is 5.55. The highest BCUT2D eigenvalue weighted by Crippen LogP contribution is 2.29. The van der Waals surface area contributed by atoms with Crippen LogP contribution in [-0.4, -0.2) is 36.7 Å². The van der Waals surface area contributed by atoms with E-state index in [2.05, 4.69) is 63.6 Å². The van der Waals surface area contributed by atoms with E-state index in [1.807, 2.05) is 20.9 Å². The van der Waals surface area contributed by atoms with Gasteiger partial charge < -0.3 is 10.6 Å². The molecule has 0 aliphatic carbocycles. The summed E-state index contributed by atoms with van der Waals surface area (Å²) in [7, 11) is 2.78. The summed E-state index contributed by atoms with van der Waals surface area (Å²) in [5.74, 6) is 1.51. The minimum absolute atomic E-state index is 0.0260. The topological polar surface area (TPSA) is 41.1 Å². The van der Waals surface area contributed by atoms with Crippen molar-refractivity contribution >= 4 is 38.4 Å². The molecule has 0 radical (unpaired) electrons. The number of rotatable bonds is 9. The van der Waals surface area contributed by atoms with Gasteiger partial charge in [0.05, 0.1) is 5.37 Å². The highest BCUT2D eigenvalue weighted by molar-refractivity contribution is 7.86. The van der Waals surface area contributed by atoms with Crippen LogP contribution < -0.4 is 10.6 Å². The minimum Gasteiger partial charge on any atom is -0.344 e. The van der Waals surface area contributed by atoms with Gasteiger partial charge in [0.15, 0.2) is 7.28 Å². The van der Waals surface area contributed by atoms with Crippen LogP contribution >= 0.6 is 25.3 Å². The Morgan fingerprint density at radius 3 is 2.14 bits per heavy atom. The van der Waals surface area contributed by atoms with Crippen molar-refractivity contribution in [2.24, 2.45) is 17.3 Å². The lowest BCUT2D eigenvalue weighted by Crippen LogP contribution is -2.48. The molecule has 4 atom stereocenters. The van der Waals surface area contributed by atoms with E-state index in [9.17, 15) is 4.79 Å². The van der Waals surface area contributed by atoms with Gasteiger partial charge in [-0.2, -0.15) is 25.3 Å². The van der Waals surface area contributed by atoms with Crippen LogP contribution in [0, 0.1) is 17.3 Å². The van der Waals surface area contributed by atoms with E-state index in [-0.39, 0.29) is 21.8 Å². The molecule has 0 aromatic heterocycles. The molecule has 124 valence electrons. The number of carbonyl (C=O) groups excluding carboxylic acids is 1. The fraction of sp³-hybridized carbons (Fsp3) is 0.933. The number of thiol groups is 2. The fourth-order valence-corrected chi connectivity index (χ4v) is 2.80. The summed E-state index contributed by atoms with van der Waals surface area (Å²) < 4.78 is 0. The first-order chi connectivity index (χ1) is 9.51. The zero-order valence-electron chi connectivity index (χ0n) is 14.6. The van der Waals surface area contributed by atoms with Gasteiger partial charge in [-0.05, 0) is 31.2 Å². The molecule has 3 nitrogen and oxygen atoms in total. The van der Waals surface area contributed by atoms with E-state index in [1.54, 1.807) is 0 Å². The van der Waals surface area contributed by atoms with Crippen molar-refractivity contribution < 1.29 is 4.79 Å². The van der Waals surface area contributed by atoms with Crippen molar-refractivity contribution in [1.29, 1.82) is 0 Å². The SMILES string of the molecule is CNC(C)BC(S)C(S)NC(=O)C(C)(C)CC(C)C(C)C. The average molecular weight is 332 g/mol. The maximum atomic E-state index is 12.5. The second-order valence-electron chi connectivity index (χ2n) is 7.22. The normalized spacial score (nSPS) is 18.0. The summed E-state index contributed by atoms with van der Waals surface area (Å²) in [5, 5.41) is 5.99. The minimum atomic E-state index is -0.382. The van der Waals surface area contributed by atoms with Gasteiger partial charge >= 0.3 is 0 Å². The third-order valence-electron chi connectivity index (χ3n) is 4.32. The molecule has 0 rings (SSSR count). The van der Waals surface area contributed by atoms with Gasteiger partial charge in [-0.15, -0.1) is 0 Å². The third kappa shape index (κ3) is 7.84. The number of hydrogen-bond acceptors (Lipinski definition) is 4. The van der Waals surface area contributed by atoms with E-state index in [0.29, 0.717) is 17.8 Å². The van der Waals surface area contributed by atoms with E-state index in [4.69, 9.17) is 0 Å². The van der Waals surface area contributed by atoms with Gasteiger partial charge in [0.2, 0.25) is 5.91 Å². The highest BCUT2D eigenvalue weighted by atomic mass is 32.1. The van der Waals surface area contributed by atoms with Crippen LogP contribution in [-0.2, 0) is 4.79 Å². The standard InChI is InChI=1S/C15H33BN2OS2/c1-9(2)10(3)8-15(5,6)14(19)18-13(21)12(20)16-11(4)17-7/h9-13,16-17,20-21H,8H2,1-7H3,(H,18,19). The van der Waals surface area contributed by atoms with Gasteiger partial charge in [0.1, 0.15) is 0 Å². The smallest absolute Gasteiger partial charge is 0.226 e. The van der Waals surface area contributed by atoms with E-state index >= 15 is 0 Å². The zero-order chi connectivity index (χ0) is 16.8. The lowest BCUT2D eigenvalue weighted by atomic mass is 9.66.